The molecule has 0 aliphatic rings. The minimum atomic E-state index is -0.274. The van der Waals surface area contributed by atoms with E-state index < -0.39 is 0 Å². The molecule has 1 atom stereocenters. The Bertz CT molecular complexity index is 999. The van der Waals surface area contributed by atoms with Gasteiger partial charge in [0.05, 0.1) is 0 Å². The van der Waals surface area contributed by atoms with E-state index in [1.807, 2.05) is 50.5 Å². The Morgan fingerprint density at radius 3 is 2.06 bits per heavy atom. The van der Waals surface area contributed by atoms with Crippen molar-refractivity contribution in [2.45, 2.75) is 71.8 Å². The molecule has 1 unspecified atom stereocenters. The molecular formula is C29H36N2O3. The number of hydrogen-bond acceptors (Lipinski definition) is 5. The molecule has 2 aromatic carbocycles. The molecule has 0 amide bonds. The van der Waals surface area contributed by atoms with Gasteiger partial charge in [0.1, 0.15) is 18.5 Å². The largest absolute Gasteiger partial charge is 0.490 e. The highest BCUT2D eigenvalue weighted by Gasteiger charge is 2.10. The van der Waals surface area contributed by atoms with Crippen LogP contribution in [0.1, 0.15) is 64.9 Å². The Kier molecular flexibility index (Phi) is 10.1. The first-order chi connectivity index (χ1) is 16.6. The van der Waals surface area contributed by atoms with Crippen molar-refractivity contribution in [3.8, 4) is 28.3 Å². The van der Waals surface area contributed by atoms with Crippen LogP contribution in [0.2, 0.25) is 0 Å². The molecule has 0 saturated carbocycles. The Morgan fingerprint density at radius 1 is 0.824 bits per heavy atom. The minimum Gasteiger partial charge on any atom is -0.490 e. The summed E-state index contributed by atoms with van der Waals surface area (Å²) in [5.41, 5.74) is 4.43. The topological polar surface area (TPSA) is 61.3 Å². The van der Waals surface area contributed by atoms with E-state index >= 15 is 0 Å². The maximum Gasteiger partial charge on any atom is 0.306 e. The monoisotopic (exact) mass is 460 g/mol. The Morgan fingerprint density at radius 2 is 1.44 bits per heavy atom. The van der Waals surface area contributed by atoms with Crippen molar-refractivity contribution in [3.05, 3.63) is 66.5 Å². The van der Waals surface area contributed by atoms with E-state index in [1.54, 1.807) is 0 Å². The van der Waals surface area contributed by atoms with E-state index in [4.69, 9.17) is 9.47 Å². The standard InChI is InChI=1S/C29H36N2O3/c1-4-6-7-8-10-23-19-30-29(31-20-23)26-13-11-24(12-14-26)25-15-17-27(18-16-25)33-21-22(3)34-28(32)9-5-2/h11-20,22H,4-10,21H2,1-3H3. The van der Waals surface area contributed by atoms with E-state index in [9.17, 15) is 4.79 Å². The summed E-state index contributed by atoms with van der Waals surface area (Å²) in [7, 11) is 0. The maximum atomic E-state index is 11.6. The smallest absolute Gasteiger partial charge is 0.306 e. The molecule has 0 saturated heterocycles. The molecule has 1 aromatic heterocycles. The number of aryl methyl sites for hydroxylation is 1. The molecule has 0 N–H and O–H groups in total. The molecule has 0 radical (unpaired) electrons. The predicted molar refractivity (Wildman–Crippen MR) is 137 cm³/mol. The molecule has 0 aliphatic carbocycles. The van der Waals surface area contributed by atoms with E-state index in [2.05, 4.69) is 41.2 Å². The lowest BCUT2D eigenvalue weighted by Crippen LogP contribution is -2.21. The zero-order valence-electron chi connectivity index (χ0n) is 20.6. The second kappa shape index (κ2) is 13.5. The molecule has 3 rings (SSSR count). The van der Waals surface area contributed by atoms with Gasteiger partial charge in [-0.15, -0.1) is 0 Å². The maximum absolute atomic E-state index is 11.6. The van der Waals surface area contributed by atoms with E-state index in [-0.39, 0.29) is 12.1 Å². The molecule has 5 heteroatoms. The van der Waals surface area contributed by atoms with Crippen LogP contribution in [0.25, 0.3) is 22.5 Å². The number of rotatable bonds is 13. The Hall–Kier alpha value is -3.21. The summed E-state index contributed by atoms with van der Waals surface area (Å²) in [6.45, 7) is 6.36. The van der Waals surface area contributed by atoms with Crippen molar-refractivity contribution >= 4 is 5.97 Å². The molecule has 180 valence electrons. The van der Waals surface area contributed by atoms with E-state index in [1.165, 1.54) is 31.2 Å². The molecule has 5 nitrogen and oxygen atoms in total. The van der Waals surface area contributed by atoms with Gasteiger partial charge in [-0.1, -0.05) is 69.5 Å². The third kappa shape index (κ3) is 7.98. The van der Waals surface area contributed by atoms with Crippen LogP contribution >= 0.6 is 0 Å². The number of ether oxygens (including phenoxy) is 2. The van der Waals surface area contributed by atoms with Gasteiger partial charge in [0.2, 0.25) is 0 Å². The van der Waals surface area contributed by atoms with Crippen molar-refractivity contribution < 1.29 is 14.3 Å². The van der Waals surface area contributed by atoms with Crippen molar-refractivity contribution in [2.75, 3.05) is 6.61 Å². The minimum absolute atomic E-state index is 0.179. The van der Waals surface area contributed by atoms with Crippen LogP contribution in [0.4, 0.5) is 0 Å². The molecule has 0 aliphatic heterocycles. The van der Waals surface area contributed by atoms with Gasteiger partial charge < -0.3 is 9.47 Å². The summed E-state index contributed by atoms with van der Waals surface area (Å²) >= 11 is 0. The first kappa shape index (κ1) is 25.4. The average molecular weight is 461 g/mol. The fourth-order valence-electron chi connectivity index (χ4n) is 3.68. The SMILES string of the molecule is CCCCCCc1cnc(-c2ccc(-c3ccc(OCC(C)OC(=O)CCC)cc3)cc2)nc1. The van der Waals surface area contributed by atoms with Crippen molar-refractivity contribution in [1.29, 1.82) is 0 Å². The fraction of sp³-hybridized carbons (Fsp3) is 0.414. The summed E-state index contributed by atoms with van der Waals surface area (Å²) in [5, 5.41) is 0. The normalized spacial score (nSPS) is 11.7. The lowest BCUT2D eigenvalue weighted by Gasteiger charge is -2.14. The Balaban J connectivity index is 1.53. The number of nitrogens with zero attached hydrogens (tertiary/aromatic N) is 2. The van der Waals surface area contributed by atoms with Gasteiger partial charge in [-0.3, -0.25) is 4.79 Å². The average Bonchev–Trinajstić information content (AvgIpc) is 2.86. The highest BCUT2D eigenvalue weighted by molar-refractivity contribution is 5.69. The lowest BCUT2D eigenvalue weighted by atomic mass is 10.0. The molecule has 0 spiro atoms. The molecule has 3 aromatic rings. The van der Waals surface area contributed by atoms with Crippen LogP contribution in [-0.2, 0) is 16.0 Å². The highest BCUT2D eigenvalue weighted by atomic mass is 16.6. The van der Waals surface area contributed by atoms with Crippen molar-refractivity contribution in [1.82, 2.24) is 9.97 Å². The van der Waals surface area contributed by atoms with Gasteiger partial charge in [0.25, 0.3) is 0 Å². The first-order valence-corrected chi connectivity index (χ1v) is 12.4. The first-order valence-electron chi connectivity index (χ1n) is 12.4. The van der Waals surface area contributed by atoms with Crippen LogP contribution < -0.4 is 4.74 Å². The van der Waals surface area contributed by atoms with E-state index in [0.717, 1.165) is 41.1 Å². The molecule has 1 heterocycles. The van der Waals surface area contributed by atoms with Gasteiger partial charge in [-0.25, -0.2) is 9.97 Å². The predicted octanol–water partition coefficient (Wildman–Crippen LogP) is 7.04. The van der Waals surface area contributed by atoms with Gasteiger partial charge in [0, 0.05) is 24.4 Å². The van der Waals surface area contributed by atoms with Crippen LogP contribution in [0, 0.1) is 0 Å². The summed E-state index contributed by atoms with van der Waals surface area (Å²) in [5.74, 6) is 1.32. The summed E-state index contributed by atoms with van der Waals surface area (Å²) < 4.78 is 11.1. The van der Waals surface area contributed by atoms with E-state index in [0.29, 0.717) is 13.0 Å². The zero-order valence-corrected chi connectivity index (χ0v) is 20.6. The number of unbranched alkanes of at least 4 members (excludes halogenated alkanes) is 3. The van der Waals surface area contributed by atoms with Gasteiger partial charge in [-0.05, 0) is 55.0 Å². The number of carbonyl (C=O) groups excluding carboxylic acids is 1. The molecule has 34 heavy (non-hydrogen) atoms. The summed E-state index contributed by atoms with van der Waals surface area (Å²) in [4.78, 5) is 20.7. The van der Waals surface area contributed by atoms with Crippen LogP contribution in [0.5, 0.6) is 5.75 Å². The van der Waals surface area contributed by atoms with Crippen molar-refractivity contribution in [3.63, 3.8) is 0 Å². The van der Waals surface area contributed by atoms with Crippen LogP contribution in [0.3, 0.4) is 0 Å². The quantitative estimate of drug-likeness (QED) is 0.202. The highest BCUT2D eigenvalue weighted by Crippen LogP contribution is 2.25. The second-order valence-electron chi connectivity index (χ2n) is 8.69. The molecule has 0 bridgehead atoms. The number of hydrogen-bond donors (Lipinski definition) is 0. The van der Waals surface area contributed by atoms with Gasteiger partial charge in [0.15, 0.2) is 5.82 Å². The summed E-state index contributed by atoms with van der Waals surface area (Å²) in [6, 6.07) is 16.2. The number of esters is 1. The molecule has 0 fully saturated rings. The molecular weight excluding hydrogens is 424 g/mol. The second-order valence-corrected chi connectivity index (χ2v) is 8.69. The van der Waals surface area contributed by atoms with Gasteiger partial charge >= 0.3 is 5.97 Å². The summed E-state index contributed by atoms with van der Waals surface area (Å²) in [6.07, 6.45) is 10.9. The number of benzene rings is 2. The fourth-order valence-corrected chi connectivity index (χ4v) is 3.68. The zero-order chi connectivity index (χ0) is 24.2. The lowest BCUT2D eigenvalue weighted by molar-refractivity contribution is -0.149. The van der Waals surface area contributed by atoms with Crippen LogP contribution in [-0.4, -0.2) is 28.6 Å². The number of aromatic nitrogens is 2. The third-order valence-electron chi connectivity index (χ3n) is 5.63. The van der Waals surface area contributed by atoms with Crippen molar-refractivity contribution in [2.24, 2.45) is 0 Å². The number of carbonyl (C=O) groups is 1. The van der Waals surface area contributed by atoms with Gasteiger partial charge in [-0.2, -0.15) is 0 Å². The van der Waals surface area contributed by atoms with Crippen LogP contribution in [0.15, 0.2) is 60.9 Å². The Labute approximate surface area is 203 Å². The third-order valence-corrected chi connectivity index (χ3v) is 5.63.